The van der Waals surface area contributed by atoms with Gasteiger partial charge in [-0.25, -0.2) is 17.9 Å². The largest absolute Gasteiger partial charge is 0.480 e. The maximum absolute atomic E-state index is 12.4. The highest BCUT2D eigenvalue weighted by molar-refractivity contribution is 7.88. The van der Waals surface area contributed by atoms with Gasteiger partial charge in [0.1, 0.15) is 23.7 Å². The number of rotatable bonds is 9. The van der Waals surface area contributed by atoms with Gasteiger partial charge in [-0.2, -0.15) is 0 Å². The number of hydrogen-bond acceptors (Lipinski definition) is 7. The van der Waals surface area contributed by atoms with E-state index in [0.29, 0.717) is 22.6 Å². The molecule has 12 heteroatoms. The minimum Gasteiger partial charge on any atom is -0.480 e. The molecule has 2 aromatic rings. The van der Waals surface area contributed by atoms with Gasteiger partial charge in [0, 0.05) is 11.3 Å². The van der Waals surface area contributed by atoms with Crippen LogP contribution >= 0.6 is 0 Å². The third-order valence-corrected chi connectivity index (χ3v) is 5.65. The number of carbonyl (C=O) groups is 2. The number of amides is 1. The van der Waals surface area contributed by atoms with E-state index < -0.39 is 40.5 Å². The van der Waals surface area contributed by atoms with Gasteiger partial charge in [-0.15, -0.1) is 0 Å². The number of benzene rings is 2. The summed E-state index contributed by atoms with van der Waals surface area (Å²) < 4.78 is 35.9. The molecule has 1 saturated heterocycles. The molecule has 3 unspecified atom stereocenters. The number of anilines is 1. The van der Waals surface area contributed by atoms with Gasteiger partial charge in [-0.1, -0.05) is 12.1 Å². The second kappa shape index (κ2) is 9.46. The Morgan fingerprint density at radius 2 is 1.85 bits per heavy atom. The lowest BCUT2D eigenvalue weighted by Crippen LogP contribution is -2.41. The number of sulfonamides is 1. The van der Waals surface area contributed by atoms with Crippen LogP contribution in [0, 0.1) is 5.41 Å². The summed E-state index contributed by atoms with van der Waals surface area (Å²) in [4.78, 5) is 25.2. The van der Waals surface area contributed by atoms with Gasteiger partial charge in [-0.3, -0.25) is 15.1 Å². The zero-order valence-corrected chi connectivity index (χ0v) is 18.7. The molecular formula is C21H24N4O7S. The molecule has 3 rings (SSSR count). The molecule has 3 atom stereocenters. The summed E-state index contributed by atoms with van der Waals surface area (Å²) in [5.41, 5.74) is 7.13. The molecule has 0 radical (unpaired) electrons. The standard InChI is InChI=1S/C21H24N4O7S/c1-12-20(32-21(28)25(12)15-7-5-14(6-8-15)18(22)23)31-16-9-3-13(4-10-16)11-17(19(26)27)24-33(2,29)30/h3-10,12,17,20,24H,11H2,1-2H3,(H3,22,23)(H,26,27). The number of nitrogens with two attached hydrogens (primary N) is 1. The molecule has 33 heavy (non-hydrogen) atoms. The number of cyclic esters (lactones) is 1. The number of hydrogen-bond donors (Lipinski definition) is 4. The number of carboxylic acid groups (broad SMARTS) is 1. The molecule has 0 aliphatic carbocycles. The van der Waals surface area contributed by atoms with Gasteiger partial charge in [0.25, 0.3) is 6.29 Å². The first-order valence-electron chi connectivity index (χ1n) is 9.84. The molecular weight excluding hydrogens is 452 g/mol. The highest BCUT2D eigenvalue weighted by Crippen LogP contribution is 2.29. The van der Waals surface area contributed by atoms with Crippen LogP contribution in [0.25, 0.3) is 0 Å². The molecule has 11 nitrogen and oxygen atoms in total. The van der Waals surface area contributed by atoms with Crippen LogP contribution < -0.4 is 20.1 Å². The fourth-order valence-electron chi connectivity index (χ4n) is 3.32. The molecule has 2 aromatic carbocycles. The van der Waals surface area contributed by atoms with Gasteiger partial charge in [0.15, 0.2) is 0 Å². The van der Waals surface area contributed by atoms with Crippen molar-refractivity contribution in [3.8, 4) is 5.75 Å². The van der Waals surface area contributed by atoms with Crippen molar-refractivity contribution in [2.45, 2.75) is 31.7 Å². The van der Waals surface area contributed by atoms with Crippen LogP contribution in [0.15, 0.2) is 48.5 Å². The van der Waals surface area contributed by atoms with E-state index in [1.807, 2.05) is 0 Å². The van der Waals surface area contributed by atoms with E-state index in [0.717, 1.165) is 6.26 Å². The minimum atomic E-state index is -3.68. The SMILES string of the molecule is CC1C(Oc2ccc(CC(NS(C)(=O)=O)C(=O)O)cc2)OC(=O)N1c1ccc(C(=N)N)cc1. The summed E-state index contributed by atoms with van der Waals surface area (Å²) in [6, 6.07) is 11.2. The Bertz CT molecular complexity index is 1150. The normalized spacial score (nSPS) is 19.1. The van der Waals surface area contributed by atoms with Crippen molar-refractivity contribution in [1.82, 2.24) is 4.72 Å². The van der Waals surface area contributed by atoms with Crippen LogP contribution in [0.5, 0.6) is 5.75 Å². The van der Waals surface area contributed by atoms with Crippen molar-refractivity contribution < 1.29 is 32.6 Å². The average molecular weight is 477 g/mol. The average Bonchev–Trinajstić information content (AvgIpc) is 3.01. The summed E-state index contributed by atoms with van der Waals surface area (Å²) in [5, 5.41) is 16.7. The summed E-state index contributed by atoms with van der Waals surface area (Å²) in [5.74, 6) is -0.978. The molecule has 1 heterocycles. The van der Waals surface area contributed by atoms with Crippen molar-refractivity contribution in [3.05, 3.63) is 59.7 Å². The van der Waals surface area contributed by atoms with Crippen LogP contribution in [-0.2, 0) is 26.0 Å². The van der Waals surface area contributed by atoms with E-state index in [9.17, 15) is 23.1 Å². The van der Waals surface area contributed by atoms with Crippen molar-refractivity contribution in [2.24, 2.45) is 5.73 Å². The van der Waals surface area contributed by atoms with Gasteiger partial charge < -0.3 is 20.3 Å². The van der Waals surface area contributed by atoms with E-state index in [-0.39, 0.29) is 12.3 Å². The zero-order valence-electron chi connectivity index (χ0n) is 17.9. The number of aliphatic carboxylic acids is 1. The molecule has 0 bridgehead atoms. The Morgan fingerprint density at radius 1 is 1.24 bits per heavy atom. The Morgan fingerprint density at radius 3 is 2.36 bits per heavy atom. The summed E-state index contributed by atoms with van der Waals surface area (Å²) >= 11 is 0. The maximum atomic E-state index is 12.4. The predicted molar refractivity (Wildman–Crippen MR) is 120 cm³/mol. The van der Waals surface area contributed by atoms with Crippen molar-refractivity contribution >= 4 is 33.6 Å². The molecule has 176 valence electrons. The third-order valence-electron chi connectivity index (χ3n) is 4.94. The fourth-order valence-corrected chi connectivity index (χ4v) is 4.02. The van der Waals surface area contributed by atoms with E-state index in [1.54, 1.807) is 55.5 Å². The van der Waals surface area contributed by atoms with E-state index in [1.165, 1.54) is 4.90 Å². The molecule has 1 aliphatic rings. The smallest absolute Gasteiger partial charge is 0.417 e. The molecule has 1 amide bonds. The molecule has 0 spiro atoms. The first-order valence-corrected chi connectivity index (χ1v) is 11.7. The molecule has 1 fully saturated rings. The number of carboxylic acids is 1. The molecule has 0 saturated carbocycles. The van der Waals surface area contributed by atoms with Gasteiger partial charge in [-0.05, 0) is 55.3 Å². The predicted octanol–water partition coefficient (Wildman–Crippen LogP) is 1.27. The lowest BCUT2D eigenvalue weighted by molar-refractivity contribution is -0.138. The van der Waals surface area contributed by atoms with Gasteiger partial charge in [0.05, 0.1) is 6.26 Å². The second-order valence-electron chi connectivity index (χ2n) is 7.57. The molecule has 0 aromatic heterocycles. The zero-order chi connectivity index (χ0) is 24.3. The highest BCUT2D eigenvalue weighted by Gasteiger charge is 2.41. The third kappa shape index (κ3) is 5.99. The van der Waals surface area contributed by atoms with Gasteiger partial charge in [0.2, 0.25) is 10.0 Å². The van der Waals surface area contributed by atoms with Crippen LogP contribution in [0.2, 0.25) is 0 Å². The highest BCUT2D eigenvalue weighted by atomic mass is 32.2. The molecule has 5 N–H and O–H groups in total. The summed E-state index contributed by atoms with van der Waals surface area (Å²) in [7, 11) is -3.68. The lowest BCUT2D eigenvalue weighted by atomic mass is 10.1. The number of carbonyl (C=O) groups excluding carboxylic acids is 1. The number of nitrogens with one attached hydrogen (secondary N) is 2. The van der Waals surface area contributed by atoms with E-state index in [4.69, 9.17) is 20.6 Å². The monoisotopic (exact) mass is 476 g/mol. The van der Waals surface area contributed by atoms with E-state index in [2.05, 4.69) is 4.72 Å². The Labute approximate surface area is 190 Å². The topological polar surface area (TPSA) is 172 Å². The summed E-state index contributed by atoms with van der Waals surface area (Å²) in [6.45, 7) is 1.76. The Hall–Kier alpha value is -3.64. The Kier molecular flexibility index (Phi) is 6.89. The Balaban J connectivity index is 1.66. The number of ether oxygens (including phenoxy) is 2. The second-order valence-corrected chi connectivity index (χ2v) is 9.35. The van der Waals surface area contributed by atoms with Crippen molar-refractivity contribution in [1.29, 1.82) is 5.41 Å². The number of nitrogens with zero attached hydrogens (tertiary/aromatic N) is 1. The maximum Gasteiger partial charge on any atom is 0.417 e. The van der Waals surface area contributed by atoms with E-state index >= 15 is 0 Å². The fraction of sp³-hybridized carbons (Fsp3) is 0.286. The van der Waals surface area contributed by atoms with Crippen LogP contribution in [0.4, 0.5) is 10.5 Å². The first-order chi connectivity index (χ1) is 15.4. The van der Waals surface area contributed by atoms with Crippen molar-refractivity contribution in [2.75, 3.05) is 11.2 Å². The minimum absolute atomic E-state index is 0.0540. The summed E-state index contributed by atoms with van der Waals surface area (Å²) in [6.07, 6.45) is -0.641. The van der Waals surface area contributed by atoms with Crippen LogP contribution in [0.3, 0.4) is 0 Å². The quantitative estimate of drug-likeness (QED) is 0.309. The molecule has 1 aliphatic heterocycles. The number of amidine groups is 1. The first kappa shape index (κ1) is 24.0. The van der Waals surface area contributed by atoms with Gasteiger partial charge >= 0.3 is 12.1 Å². The van der Waals surface area contributed by atoms with Crippen LogP contribution in [0.1, 0.15) is 18.1 Å². The van der Waals surface area contributed by atoms with Crippen LogP contribution in [-0.4, -0.2) is 56.1 Å². The lowest BCUT2D eigenvalue weighted by Gasteiger charge is -2.21. The number of nitrogen functional groups attached to an aromatic ring is 1. The van der Waals surface area contributed by atoms with Crippen molar-refractivity contribution in [3.63, 3.8) is 0 Å².